The summed E-state index contributed by atoms with van der Waals surface area (Å²) in [5.41, 5.74) is 2.57. The van der Waals surface area contributed by atoms with Crippen LogP contribution in [0.2, 0.25) is 0 Å². The zero-order chi connectivity index (χ0) is 14.5. The second-order valence-electron chi connectivity index (χ2n) is 5.33. The highest BCUT2D eigenvalue weighted by molar-refractivity contribution is 14.0. The van der Waals surface area contributed by atoms with Crippen molar-refractivity contribution in [2.75, 3.05) is 40.3 Å². The van der Waals surface area contributed by atoms with Gasteiger partial charge in [-0.2, -0.15) is 0 Å². The summed E-state index contributed by atoms with van der Waals surface area (Å²) in [6, 6.07) is 8.46. The van der Waals surface area contributed by atoms with E-state index in [-0.39, 0.29) is 30.1 Å². The molecule has 21 heavy (non-hydrogen) atoms. The van der Waals surface area contributed by atoms with Crippen molar-refractivity contribution in [3.63, 3.8) is 0 Å². The highest BCUT2D eigenvalue weighted by Crippen LogP contribution is 2.25. The first-order chi connectivity index (χ1) is 9.63. The summed E-state index contributed by atoms with van der Waals surface area (Å²) in [6.45, 7) is 7.53. The van der Waals surface area contributed by atoms with Gasteiger partial charge in [0.25, 0.3) is 0 Å². The van der Waals surface area contributed by atoms with E-state index in [1.54, 1.807) is 0 Å². The van der Waals surface area contributed by atoms with Gasteiger partial charge in [0.1, 0.15) is 6.10 Å². The highest BCUT2D eigenvalue weighted by Gasteiger charge is 2.25. The van der Waals surface area contributed by atoms with Gasteiger partial charge < -0.3 is 14.5 Å². The molecule has 0 spiro atoms. The molecule has 0 bridgehead atoms. The molecule has 5 heteroatoms. The molecular formula is C16H26IN3O. The average molecular weight is 403 g/mol. The fraction of sp³-hybridized carbons (Fsp3) is 0.562. The van der Waals surface area contributed by atoms with Crippen molar-refractivity contribution in [3.05, 3.63) is 35.4 Å². The molecule has 1 unspecified atom stereocenters. The lowest BCUT2D eigenvalue weighted by atomic mass is 10.0. The molecule has 1 heterocycles. The van der Waals surface area contributed by atoms with Crippen LogP contribution in [0.4, 0.5) is 0 Å². The van der Waals surface area contributed by atoms with Gasteiger partial charge in [-0.1, -0.05) is 24.3 Å². The van der Waals surface area contributed by atoms with Crippen LogP contribution in [0.5, 0.6) is 0 Å². The van der Waals surface area contributed by atoms with Crippen LogP contribution in [0.25, 0.3) is 0 Å². The van der Waals surface area contributed by atoms with Gasteiger partial charge in [0, 0.05) is 27.2 Å². The lowest BCUT2D eigenvalue weighted by Crippen LogP contribution is -2.47. The number of rotatable bonds is 2. The first-order valence-electron chi connectivity index (χ1n) is 7.27. The number of aryl methyl sites for hydroxylation is 1. The maximum atomic E-state index is 5.97. The molecule has 118 valence electrons. The number of hydrogen-bond donors (Lipinski definition) is 0. The first kappa shape index (κ1) is 18.2. The maximum absolute atomic E-state index is 5.97. The van der Waals surface area contributed by atoms with Crippen LogP contribution in [0.15, 0.2) is 29.3 Å². The van der Waals surface area contributed by atoms with Gasteiger partial charge in [0.15, 0.2) is 5.96 Å². The van der Waals surface area contributed by atoms with E-state index in [1.807, 2.05) is 14.1 Å². The normalized spacial score (nSPS) is 19.1. The van der Waals surface area contributed by atoms with Gasteiger partial charge in [-0.05, 0) is 25.0 Å². The SMILES string of the molecule is CCN=C(N(C)C)N1CCOC(c2ccccc2C)C1.I. The molecule has 0 saturated carbocycles. The van der Waals surface area contributed by atoms with Crippen LogP contribution >= 0.6 is 24.0 Å². The van der Waals surface area contributed by atoms with E-state index in [0.717, 1.165) is 32.2 Å². The lowest BCUT2D eigenvalue weighted by molar-refractivity contribution is -0.0102. The fourth-order valence-corrected chi connectivity index (χ4v) is 2.63. The number of hydrogen-bond acceptors (Lipinski definition) is 2. The molecule has 1 atom stereocenters. The van der Waals surface area contributed by atoms with Crippen molar-refractivity contribution >= 4 is 29.9 Å². The number of halogens is 1. The minimum absolute atomic E-state index is 0. The standard InChI is InChI=1S/C16H25N3O.HI/c1-5-17-16(18(3)4)19-10-11-20-15(12-19)14-9-7-6-8-13(14)2;/h6-9,15H,5,10-12H2,1-4H3;1H. The topological polar surface area (TPSA) is 28.1 Å². The summed E-state index contributed by atoms with van der Waals surface area (Å²) >= 11 is 0. The van der Waals surface area contributed by atoms with E-state index in [0.29, 0.717) is 0 Å². The number of aliphatic imine (C=N–C) groups is 1. The van der Waals surface area contributed by atoms with E-state index >= 15 is 0 Å². The Hall–Kier alpha value is -0.820. The Balaban J connectivity index is 0.00000220. The van der Waals surface area contributed by atoms with Gasteiger partial charge in [-0.3, -0.25) is 4.99 Å². The zero-order valence-electron chi connectivity index (χ0n) is 13.4. The monoisotopic (exact) mass is 403 g/mol. The molecular weight excluding hydrogens is 377 g/mol. The van der Waals surface area contributed by atoms with Crippen molar-refractivity contribution in [1.82, 2.24) is 9.80 Å². The van der Waals surface area contributed by atoms with Crippen LogP contribution < -0.4 is 0 Å². The molecule has 0 radical (unpaired) electrons. The van der Waals surface area contributed by atoms with Gasteiger partial charge in [-0.25, -0.2) is 0 Å². The van der Waals surface area contributed by atoms with Crippen molar-refractivity contribution in [2.45, 2.75) is 20.0 Å². The van der Waals surface area contributed by atoms with E-state index < -0.39 is 0 Å². The molecule has 4 nitrogen and oxygen atoms in total. The summed E-state index contributed by atoms with van der Waals surface area (Å²) < 4.78 is 5.97. The summed E-state index contributed by atoms with van der Waals surface area (Å²) in [7, 11) is 4.10. The van der Waals surface area contributed by atoms with Crippen LogP contribution in [0, 0.1) is 6.92 Å². The second kappa shape index (κ2) is 8.58. The van der Waals surface area contributed by atoms with Crippen LogP contribution in [-0.2, 0) is 4.74 Å². The summed E-state index contributed by atoms with van der Waals surface area (Å²) in [5.74, 6) is 1.05. The van der Waals surface area contributed by atoms with Gasteiger partial charge in [0.2, 0.25) is 0 Å². The number of ether oxygens (including phenoxy) is 1. The largest absolute Gasteiger partial charge is 0.370 e. The van der Waals surface area contributed by atoms with Crippen LogP contribution in [0.3, 0.4) is 0 Å². The zero-order valence-corrected chi connectivity index (χ0v) is 15.7. The van der Waals surface area contributed by atoms with E-state index in [2.05, 4.69) is 52.9 Å². The molecule has 1 saturated heterocycles. The third kappa shape index (κ3) is 4.57. The first-order valence-corrected chi connectivity index (χ1v) is 7.27. The van der Waals surface area contributed by atoms with Gasteiger partial charge in [-0.15, -0.1) is 24.0 Å². The Morgan fingerprint density at radius 2 is 2.10 bits per heavy atom. The molecule has 1 aromatic rings. The Kier molecular flexibility index (Phi) is 7.45. The number of benzene rings is 1. The predicted molar refractivity (Wildman–Crippen MR) is 98.5 cm³/mol. The highest BCUT2D eigenvalue weighted by atomic mass is 127. The van der Waals surface area contributed by atoms with E-state index in [4.69, 9.17) is 4.74 Å². The quantitative estimate of drug-likeness (QED) is 0.432. The smallest absolute Gasteiger partial charge is 0.196 e. The van der Waals surface area contributed by atoms with Crippen molar-refractivity contribution < 1.29 is 4.74 Å². The number of guanidine groups is 1. The Bertz CT molecular complexity index is 476. The molecule has 1 aromatic carbocycles. The minimum Gasteiger partial charge on any atom is -0.370 e. The molecule has 0 aromatic heterocycles. The Labute approximate surface area is 145 Å². The molecule has 0 aliphatic carbocycles. The van der Waals surface area contributed by atoms with E-state index in [1.165, 1.54) is 11.1 Å². The molecule has 2 rings (SSSR count). The molecule has 1 aliphatic heterocycles. The second-order valence-corrected chi connectivity index (χ2v) is 5.33. The predicted octanol–water partition coefficient (Wildman–Crippen LogP) is 2.92. The van der Waals surface area contributed by atoms with Crippen molar-refractivity contribution in [2.24, 2.45) is 4.99 Å². The van der Waals surface area contributed by atoms with Gasteiger partial charge >= 0.3 is 0 Å². The molecule has 0 N–H and O–H groups in total. The van der Waals surface area contributed by atoms with Crippen molar-refractivity contribution in [1.29, 1.82) is 0 Å². The van der Waals surface area contributed by atoms with Crippen LogP contribution in [0.1, 0.15) is 24.2 Å². The Morgan fingerprint density at radius 3 is 2.71 bits per heavy atom. The average Bonchev–Trinajstić information content (AvgIpc) is 2.45. The maximum Gasteiger partial charge on any atom is 0.196 e. The number of nitrogens with zero attached hydrogens (tertiary/aromatic N) is 3. The summed E-state index contributed by atoms with van der Waals surface area (Å²) in [5, 5.41) is 0. The summed E-state index contributed by atoms with van der Waals surface area (Å²) in [4.78, 5) is 9.02. The Morgan fingerprint density at radius 1 is 1.38 bits per heavy atom. The third-order valence-electron chi connectivity index (χ3n) is 3.58. The van der Waals surface area contributed by atoms with E-state index in [9.17, 15) is 0 Å². The van der Waals surface area contributed by atoms with Gasteiger partial charge in [0.05, 0.1) is 13.2 Å². The molecule has 0 amide bonds. The molecule has 1 fully saturated rings. The fourth-order valence-electron chi connectivity index (χ4n) is 2.63. The third-order valence-corrected chi connectivity index (χ3v) is 3.58. The number of morpholine rings is 1. The minimum atomic E-state index is 0. The van der Waals surface area contributed by atoms with Crippen LogP contribution in [-0.4, -0.2) is 56.1 Å². The lowest BCUT2D eigenvalue weighted by Gasteiger charge is -2.37. The summed E-state index contributed by atoms with van der Waals surface area (Å²) in [6.07, 6.45) is 0.131. The molecule has 1 aliphatic rings. The van der Waals surface area contributed by atoms with Crippen molar-refractivity contribution in [3.8, 4) is 0 Å².